The highest BCUT2D eigenvalue weighted by atomic mass is 16.5. The number of rotatable bonds is 4. The average molecular weight is 295 g/mol. The maximum Gasteiger partial charge on any atom is 0.290 e. The number of carbonyl (C=O) groups is 1. The van der Waals surface area contributed by atoms with Crippen molar-refractivity contribution in [2.45, 2.75) is 45.3 Å². The third kappa shape index (κ3) is 3.66. The van der Waals surface area contributed by atoms with Gasteiger partial charge in [-0.15, -0.1) is 0 Å². The van der Waals surface area contributed by atoms with E-state index in [9.17, 15) is 4.79 Å². The van der Waals surface area contributed by atoms with Gasteiger partial charge in [-0.1, -0.05) is 13.8 Å². The standard InChI is InChI=1S/C16H25NO4/c1-11(2)13-6-7-20-14(13)15(18)17-8-12(9-19-5)21-16(3,4)10-17/h6-7,11-12H,8-10H2,1-5H3. The molecule has 21 heavy (non-hydrogen) atoms. The van der Waals surface area contributed by atoms with Crippen molar-refractivity contribution in [1.82, 2.24) is 4.90 Å². The van der Waals surface area contributed by atoms with Gasteiger partial charge in [-0.05, 0) is 25.8 Å². The fraction of sp³-hybridized carbons (Fsp3) is 0.688. The maximum absolute atomic E-state index is 12.8. The topological polar surface area (TPSA) is 51.9 Å². The lowest BCUT2D eigenvalue weighted by atomic mass is 10.0. The van der Waals surface area contributed by atoms with Crippen molar-refractivity contribution in [3.8, 4) is 0 Å². The van der Waals surface area contributed by atoms with Crippen LogP contribution in [0.15, 0.2) is 16.7 Å². The summed E-state index contributed by atoms with van der Waals surface area (Å²) in [5, 5.41) is 0. The molecule has 2 rings (SSSR count). The van der Waals surface area contributed by atoms with Crippen molar-refractivity contribution in [3.05, 3.63) is 23.7 Å². The summed E-state index contributed by atoms with van der Waals surface area (Å²) < 4.78 is 16.6. The second-order valence-corrected chi connectivity index (χ2v) is 6.50. The van der Waals surface area contributed by atoms with Gasteiger partial charge in [-0.2, -0.15) is 0 Å². The van der Waals surface area contributed by atoms with Crippen LogP contribution in [-0.4, -0.2) is 49.3 Å². The molecule has 1 unspecified atom stereocenters. The number of amides is 1. The molecule has 0 aliphatic carbocycles. The molecule has 118 valence electrons. The van der Waals surface area contributed by atoms with Crippen molar-refractivity contribution in [1.29, 1.82) is 0 Å². The van der Waals surface area contributed by atoms with Gasteiger partial charge >= 0.3 is 0 Å². The maximum atomic E-state index is 12.8. The van der Waals surface area contributed by atoms with Crippen molar-refractivity contribution in [2.24, 2.45) is 0 Å². The summed E-state index contributed by atoms with van der Waals surface area (Å²) in [6.45, 7) is 9.62. The van der Waals surface area contributed by atoms with Crippen LogP contribution in [0.4, 0.5) is 0 Å². The minimum absolute atomic E-state index is 0.0684. The number of hydrogen-bond donors (Lipinski definition) is 0. The Morgan fingerprint density at radius 2 is 2.24 bits per heavy atom. The predicted octanol–water partition coefficient (Wildman–Crippen LogP) is 2.67. The van der Waals surface area contributed by atoms with Crippen LogP contribution in [0, 0.1) is 0 Å². The number of hydrogen-bond acceptors (Lipinski definition) is 4. The zero-order valence-electron chi connectivity index (χ0n) is 13.5. The summed E-state index contributed by atoms with van der Waals surface area (Å²) >= 11 is 0. The van der Waals surface area contributed by atoms with Gasteiger partial charge in [0.1, 0.15) is 0 Å². The normalized spacial score (nSPS) is 21.8. The third-order valence-electron chi connectivity index (χ3n) is 3.63. The second-order valence-electron chi connectivity index (χ2n) is 6.50. The molecule has 0 spiro atoms. The first-order valence-corrected chi connectivity index (χ1v) is 7.37. The fourth-order valence-electron chi connectivity index (χ4n) is 2.81. The molecule has 0 radical (unpaired) electrons. The predicted molar refractivity (Wildman–Crippen MR) is 79.5 cm³/mol. The molecule has 1 saturated heterocycles. The fourth-order valence-corrected chi connectivity index (χ4v) is 2.81. The molecule has 5 heteroatoms. The summed E-state index contributed by atoms with van der Waals surface area (Å²) in [4.78, 5) is 14.6. The minimum Gasteiger partial charge on any atom is -0.459 e. The van der Waals surface area contributed by atoms with E-state index >= 15 is 0 Å². The first-order valence-electron chi connectivity index (χ1n) is 7.37. The molecule has 1 atom stereocenters. The highest BCUT2D eigenvalue weighted by Gasteiger charge is 2.37. The summed E-state index contributed by atoms with van der Waals surface area (Å²) in [6.07, 6.45) is 1.47. The Balaban J connectivity index is 2.19. The van der Waals surface area contributed by atoms with Crippen LogP contribution in [0.1, 0.15) is 49.7 Å². The molecule has 1 aromatic heterocycles. The van der Waals surface area contributed by atoms with E-state index in [1.807, 2.05) is 19.9 Å². The van der Waals surface area contributed by atoms with Crippen molar-refractivity contribution in [2.75, 3.05) is 26.8 Å². The smallest absolute Gasteiger partial charge is 0.290 e. The molecule has 0 saturated carbocycles. The lowest BCUT2D eigenvalue weighted by Crippen LogP contribution is -2.55. The first-order chi connectivity index (χ1) is 9.84. The number of morpholine rings is 1. The molecule has 0 aromatic carbocycles. The molecule has 0 N–H and O–H groups in total. The molecule has 1 aliphatic rings. The van der Waals surface area contributed by atoms with Gasteiger partial charge in [0.2, 0.25) is 0 Å². The van der Waals surface area contributed by atoms with Gasteiger partial charge < -0.3 is 18.8 Å². The van der Waals surface area contributed by atoms with Gasteiger partial charge in [0, 0.05) is 25.8 Å². The monoisotopic (exact) mass is 295 g/mol. The van der Waals surface area contributed by atoms with E-state index in [2.05, 4.69) is 13.8 Å². The minimum atomic E-state index is -0.387. The molecule has 5 nitrogen and oxygen atoms in total. The van der Waals surface area contributed by atoms with Gasteiger partial charge in [0.25, 0.3) is 5.91 Å². The van der Waals surface area contributed by atoms with Gasteiger partial charge in [0.05, 0.1) is 24.6 Å². The third-order valence-corrected chi connectivity index (χ3v) is 3.63. The van der Waals surface area contributed by atoms with Crippen molar-refractivity contribution < 1.29 is 18.7 Å². The Kier molecular flexibility index (Phi) is 4.74. The Morgan fingerprint density at radius 1 is 1.52 bits per heavy atom. The number of nitrogens with zero attached hydrogens (tertiary/aromatic N) is 1. The SMILES string of the molecule is COCC1CN(C(=O)c2occc2C(C)C)CC(C)(C)O1. The summed E-state index contributed by atoms with van der Waals surface area (Å²) in [5.74, 6) is 0.631. The summed E-state index contributed by atoms with van der Waals surface area (Å²) in [7, 11) is 1.64. The Morgan fingerprint density at radius 3 is 2.86 bits per heavy atom. The largest absolute Gasteiger partial charge is 0.459 e. The lowest BCUT2D eigenvalue weighted by molar-refractivity contribution is -0.143. The van der Waals surface area contributed by atoms with E-state index < -0.39 is 0 Å². The van der Waals surface area contributed by atoms with Crippen LogP contribution in [0.3, 0.4) is 0 Å². The van der Waals surface area contributed by atoms with Crippen molar-refractivity contribution in [3.63, 3.8) is 0 Å². The number of ether oxygens (including phenoxy) is 2. The van der Waals surface area contributed by atoms with Gasteiger partial charge in [-0.25, -0.2) is 0 Å². The molecule has 2 heterocycles. The van der Waals surface area contributed by atoms with E-state index in [-0.39, 0.29) is 23.5 Å². The van der Waals surface area contributed by atoms with Gasteiger partial charge in [-0.3, -0.25) is 4.79 Å². The zero-order valence-corrected chi connectivity index (χ0v) is 13.5. The number of methoxy groups -OCH3 is 1. The number of carbonyl (C=O) groups excluding carboxylic acids is 1. The Hall–Kier alpha value is -1.33. The van der Waals surface area contributed by atoms with Crippen LogP contribution in [-0.2, 0) is 9.47 Å². The molecule has 1 aromatic rings. The highest BCUT2D eigenvalue weighted by Crippen LogP contribution is 2.26. The van der Waals surface area contributed by atoms with Crippen LogP contribution in [0.5, 0.6) is 0 Å². The van der Waals surface area contributed by atoms with Crippen LogP contribution in [0.25, 0.3) is 0 Å². The summed E-state index contributed by atoms with van der Waals surface area (Å²) in [5.41, 5.74) is 0.564. The highest BCUT2D eigenvalue weighted by molar-refractivity contribution is 5.93. The summed E-state index contributed by atoms with van der Waals surface area (Å²) in [6, 6.07) is 1.87. The lowest BCUT2D eigenvalue weighted by Gasteiger charge is -2.42. The van der Waals surface area contributed by atoms with E-state index in [4.69, 9.17) is 13.9 Å². The zero-order chi connectivity index (χ0) is 15.6. The second kappa shape index (κ2) is 6.20. The van der Waals surface area contributed by atoms with E-state index in [0.717, 1.165) is 5.56 Å². The molecule has 1 amide bonds. The molecular weight excluding hydrogens is 270 g/mol. The van der Waals surface area contributed by atoms with Crippen LogP contribution in [0.2, 0.25) is 0 Å². The Labute approximate surface area is 126 Å². The first kappa shape index (κ1) is 16.0. The number of furan rings is 1. The molecule has 0 bridgehead atoms. The van der Waals surface area contributed by atoms with E-state index in [1.165, 1.54) is 0 Å². The average Bonchev–Trinajstić information content (AvgIpc) is 2.85. The van der Waals surface area contributed by atoms with E-state index in [0.29, 0.717) is 25.5 Å². The Bertz CT molecular complexity index is 492. The quantitative estimate of drug-likeness (QED) is 0.857. The van der Waals surface area contributed by atoms with Gasteiger partial charge in [0.15, 0.2) is 5.76 Å². The van der Waals surface area contributed by atoms with Crippen LogP contribution < -0.4 is 0 Å². The van der Waals surface area contributed by atoms with E-state index in [1.54, 1.807) is 18.3 Å². The molecule has 1 fully saturated rings. The molecule has 1 aliphatic heterocycles. The molecular formula is C16H25NO4. The van der Waals surface area contributed by atoms with Crippen LogP contribution >= 0.6 is 0 Å². The van der Waals surface area contributed by atoms with Crippen molar-refractivity contribution >= 4 is 5.91 Å².